The molecule has 0 heterocycles. The molecule has 0 aromatic heterocycles. The molecular weight excluding hydrogens is 433 g/mol. The van der Waals surface area contributed by atoms with Crippen molar-refractivity contribution < 1.29 is 32.9 Å². The number of hydrogen-bond acceptors (Lipinski definition) is 7. The number of halogens is 1. The number of rotatable bonds is 10. The van der Waals surface area contributed by atoms with Crippen LogP contribution in [0.5, 0.6) is 11.5 Å². The first kappa shape index (κ1) is 25.4. The SMILES string of the molecule is CCOC(=O)C(Nc1ccc(/C(N)=N/C(=O)OC)cc1)c1cc(OCC)cc(OCC)c1F. The highest BCUT2D eigenvalue weighted by molar-refractivity contribution is 6.02. The molecule has 0 spiro atoms. The van der Waals surface area contributed by atoms with Gasteiger partial charge in [-0.2, -0.15) is 4.99 Å². The van der Waals surface area contributed by atoms with Crippen LogP contribution >= 0.6 is 0 Å². The topological polar surface area (TPSA) is 121 Å². The van der Waals surface area contributed by atoms with E-state index in [1.165, 1.54) is 19.2 Å². The van der Waals surface area contributed by atoms with Gasteiger partial charge in [-0.3, -0.25) is 0 Å². The molecule has 0 fully saturated rings. The Labute approximate surface area is 191 Å². The number of esters is 1. The van der Waals surface area contributed by atoms with Gasteiger partial charge >= 0.3 is 12.1 Å². The number of methoxy groups -OCH3 is 1. The van der Waals surface area contributed by atoms with E-state index in [-0.39, 0.29) is 30.4 Å². The first-order valence-electron chi connectivity index (χ1n) is 10.4. The number of nitrogens with zero attached hydrogens (tertiary/aromatic N) is 1. The highest BCUT2D eigenvalue weighted by atomic mass is 19.1. The van der Waals surface area contributed by atoms with Gasteiger partial charge in [0.25, 0.3) is 0 Å². The third-order valence-corrected chi connectivity index (χ3v) is 4.36. The molecule has 1 atom stereocenters. The zero-order valence-corrected chi connectivity index (χ0v) is 19.0. The van der Waals surface area contributed by atoms with Gasteiger partial charge in [0, 0.05) is 22.9 Å². The average molecular weight is 461 g/mol. The number of benzene rings is 2. The standard InChI is InChI=1S/C23H28FN3O6/c1-5-31-16-12-17(19(24)18(13-16)32-6-2)20(22(28)33-7-3)26-15-10-8-14(9-11-15)21(25)27-23(29)30-4/h8-13,20,26H,5-7H2,1-4H3,(H2,25,27,29). The highest BCUT2D eigenvalue weighted by Crippen LogP contribution is 2.33. The highest BCUT2D eigenvalue weighted by Gasteiger charge is 2.28. The molecule has 1 unspecified atom stereocenters. The van der Waals surface area contributed by atoms with Gasteiger partial charge in [-0.25, -0.2) is 14.0 Å². The van der Waals surface area contributed by atoms with Crippen molar-refractivity contribution in [3.63, 3.8) is 0 Å². The number of ether oxygens (including phenoxy) is 4. The Kier molecular flexibility index (Phi) is 9.46. The van der Waals surface area contributed by atoms with Crippen molar-refractivity contribution in [3.05, 3.63) is 53.3 Å². The lowest BCUT2D eigenvalue weighted by molar-refractivity contribution is -0.144. The van der Waals surface area contributed by atoms with Crippen LogP contribution in [0.25, 0.3) is 0 Å². The van der Waals surface area contributed by atoms with Crippen molar-refractivity contribution in [2.45, 2.75) is 26.8 Å². The number of aliphatic imine (C=N–C) groups is 1. The number of nitrogens with one attached hydrogen (secondary N) is 1. The van der Waals surface area contributed by atoms with Gasteiger partial charge in [0.1, 0.15) is 11.6 Å². The minimum Gasteiger partial charge on any atom is -0.494 e. The van der Waals surface area contributed by atoms with Crippen LogP contribution in [0, 0.1) is 5.82 Å². The summed E-state index contributed by atoms with van der Waals surface area (Å²) in [4.78, 5) is 27.6. The monoisotopic (exact) mass is 461 g/mol. The Bertz CT molecular complexity index is 994. The molecule has 9 nitrogen and oxygen atoms in total. The molecule has 2 rings (SSSR count). The molecule has 0 saturated carbocycles. The van der Waals surface area contributed by atoms with E-state index in [0.29, 0.717) is 23.6 Å². The first-order chi connectivity index (χ1) is 15.8. The van der Waals surface area contributed by atoms with E-state index < -0.39 is 23.9 Å². The van der Waals surface area contributed by atoms with E-state index in [2.05, 4.69) is 15.0 Å². The summed E-state index contributed by atoms with van der Waals surface area (Å²) in [6, 6.07) is 8.08. The molecule has 1 amide bonds. The smallest absolute Gasteiger partial charge is 0.435 e. The molecular formula is C23H28FN3O6. The fourth-order valence-corrected chi connectivity index (χ4v) is 2.92. The maximum absolute atomic E-state index is 15.3. The van der Waals surface area contributed by atoms with Gasteiger partial charge in [-0.05, 0) is 51.1 Å². The Morgan fingerprint density at radius 2 is 1.73 bits per heavy atom. The normalized spacial score (nSPS) is 12.0. The molecule has 0 aliphatic rings. The quantitative estimate of drug-likeness (QED) is 0.311. The third kappa shape index (κ3) is 6.83. The number of carbonyl (C=O) groups is 2. The predicted molar refractivity (Wildman–Crippen MR) is 121 cm³/mol. The summed E-state index contributed by atoms with van der Waals surface area (Å²) in [7, 11) is 1.19. The van der Waals surface area contributed by atoms with Crippen LogP contribution in [0.1, 0.15) is 37.9 Å². The number of carbonyl (C=O) groups excluding carboxylic acids is 2. The van der Waals surface area contributed by atoms with Crippen molar-refractivity contribution in [2.75, 3.05) is 32.2 Å². The summed E-state index contributed by atoms with van der Waals surface area (Å²) in [5.41, 5.74) is 6.74. The van der Waals surface area contributed by atoms with Crippen LogP contribution in [0.2, 0.25) is 0 Å². The van der Waals surface area contributed by atoms with Crippen LogP contribution in [0.15, 0.2) is 41.4 Å². The average Bonchev–Trinajstić information content (AvgIpc) is 2.80. The number of amidine groups is 1. The molecule has 0 bridgehead atoms. The summed E-state index contributed by atoms with van der Waals surface area (Å²) in [5, 5.41) is 2.98. The molecule has 3 N–H and O–H groups in total. The van der Waals surface area contributed by atoms with E-state index in [9.17, 15) is 9.59 Å². The minimum absolute atomic E-state index is 0.0127. The van der Waals surface area contributed by atoms with E-state index in [1.807, 2.05) is 0 Å². The Balaban J connectivity index is 2.43. The van der Waals surface area contributed by atoms with Crippen LogP contribution in [-0.4, -0.2) is 44.8 Å². The second-order valence-electron chi connectivity index (χ2n) is 6.56. The minimum atomic E-state index is -1.18. The summed E-state index contributed by atoms with van der Waals surface area (Å²) >= 11 is 0. The van der Waals surface area contributed by atoms with Gasteiger partial charge < -0.3 is 30.0 Å². The van der Waals surface area contributed by atoms with E-state index >= 15 is 4.39 Å². The third-order valence-electron chi connectivity index (χ3n) is 4.36. The second-order valence-corrected chi connectivity index (χ2v) is 6.56. The first-order valence-corrected chi connectivity index (χ1v) is 10.4. The van der Waals surface area contributed by atoms with Gasteiger partial charge in [0.05, 0.1) is 26.9 Å². The van der Waals surface area contributed by atoms with Crippen molar-refractivity contribution in [1.82, 2.24) is 0 Å². The summed E-state index contributed by atoms with van der Waals surface area (Å²) in [6.45, 7) is 5.88. The van der Waals surface area contributed by atoms with Gasteiger partial charge in [0.15, 0.2) is 17.6 Å². The molecule has 2 aromatic rings. The van der Waals surface area contributed by atoms with Gasteiger partial charge in [-0.15, -0.1) is 0 Å². The van der Waals surface area contributed by atoms with Crippen molar-refractivity contribution in [3.8, 4) is 11.5 Å². The lowest BCUT2D eigenvalue weighted by atomic mass is 10.0. The molecule has 0 aliphatic carbocycles. The molecule has 0 saturated heterocycles. The van der Waals surface area contributed by atoms with Gasteiger partial charge in [-0.1, -0.05) is 0 Å². The molecule has 10 heteroatoms. The Morgan fingerprint density at radius 1 is 1.06 bits per heavy atom. The molecule has 178 valence electrons. The van der Waals surface area contributed by atoms with Crippen LogP contribution in [-0.2, 0) is 14.3 Å². The van der Waals surface area contributed by atoms with Crippen LogP contribution < -0.4 is 20.5 Å². The van der Waals surface area contributed by atoms with E-state index in [4.69, 9.17) is 19.9 Å². The lowest BCUT2D eigenvalue weighted by Crippen LogP contribution is -2.25. The van der Waals surface area contributed by atoms with Crippen molar-refractivity contribution >= 4 is 23.6 Å². The second kappa shape index (κ2) is 12.3. The number of nitrogens with two attached hydrogens (primary N) is 1. The van der Waals surface area contributed by atoms with Gasteiger partial charge in [0.2, 0.25) is 0 Å². The van der Waals surface area contributed by atoms with E-state index in [1.54, 1.807) is 45.0 Å². The summed E-state index contributed by atoms with van der Waals surface area (Å²) in [5.74, 6) is -1.08. The fraction of sp³-hybridized carbons (Fsp3) is 0.348. The zero-order chi connectivity index (χ0) is 24.4. The van der Waals surface area contributed by atoms with E-state index in [0.717, 1.165) is 0 Å². The Hall–Kier alpha value is -3.82. The lowest BCUT2D eigenvalue weighted by Gasteiger charge is -2.21. The fourth-order valence-electron chi connectivity index (χ4n) is 2.92. The molecule has 0 radical (unpaired) electrons. The maximum Gasteiger partial charge on any atom is 0.435 e. The van der Waals surface area contributed by atoms with Crippen molar-refractivity contribution in [2.24, 2.45) is 10.7 Å². The zero-order valence-electron chi connectivity index (χ0n) is 19.0. The summed E-state index contributed by atoms with van der Waals surface area (Å²) in [6.07, 6.45) is -0.827. The maximum atomic E-state index is 15.3. The molecule has 33 heavy (non-hydrogen) atoms. The number of hydrogen-bond donors (Lipinski definition) is 2. The predicted octanol–water partition coefficient (Wildman–Crippen LogP) is 3.81. The number of amides is 1. The van der Waals surface area contributed by atoms with Crippen molar-refractivity contribution in [1.29, 1.82) is 0 Å². The molecule has 0 aliphatic heterocycles. The van der Waals surface area contributed by atoms with Crippen LogP contribution in [0.3, 0.4) is 0 Å². The molecule has 2 aromatic carbocycles. The van der Waals surface area contributed by atoms with Crippen LogP contribution in [0.4, 0.5) is 14.9 Å². The number of anilines is 1. The largest absolute Gasteiger partial charge is 0.494 e. The summed E-state index contributed by atoms with van der Waals surface area (Å²) < 4.78 is 35.8. The Morgan fingerprint density at radius 3 is 2.30 bits per heavy atom.